The second-order valence-electron chi connectivity index (χ2n) is 10.5. The largest absolute Gasteiger partial charge is 0.358 e. The average molecular weight is 525 g/mol. The number of H-pyrrole nitrogens is 1. The van der Waals surface area contributed by atoms with E-state index in [0.29, 0.717) is 24.1 Å². The molecule has 4 rings (SSSR count). The molecule has 2 amide bonds. The van der Waals surface area contributed by atoms with Crippen LogP contribution in [0.2, 0.25) is 0 Å². The molecule has 39 heavy (non-hydrogen) atoms. The van der Waals surface area contributed by atoms with Gasteiger partial charge >= 0.3 is 0 Å². The molecule has 1 aromatic heterocycles. The first kappa shape index (κ1) is 27.3. The van der Waals surface area contributed by atoms with Gasteiger partial charge < -0.3 is 15.6 Å². The number of nitro benzene ring substituents is 1. The number of hydrogen-bond acceptors (Lipinski definition) is 4. The second-order valence-corrected chi connectivity index (χ2v) is 10.5. The summed E-state index contributed by atoms with van der Waals surface area (Å²) in [5.74, 6) is -0.937. The van der Waals surface area contributed by atoms with Gasteiger partial charge in [0.1, 0.15) is 5.70 Å². The Labute approximate surface area is 227 Å². The van der Waals surface area contributed by atoms with Crippen molar-refractivity contribution >= 4 is 34.5 Å². The molecule has 8 heteroatoms. The summed E-state index contributed by atoms with van der Waals surface area (Å²) in [6, 6.07) is 21.1. The van der Waals surface area contributed by atoms with Gasteiger partial charge in [0.15, 0.2) is 0 Å². The van der Waals surface area contributed by atoms with Crippen molar-refractivity contribution in [2.45, 2.75) is 39.5 Å². The summed E-state index contributed by atoms with van der Waals surface area (Å²) in [6.07, 6.45) is 2.04. The molecule has 200 valence electrons. The summed E-state index contributed by atoms with van der Waals surface area (Å²) >= 11 is 0. The van der Waals surface area contributed by atoms with Crippen molar-refractivity contribution in [3.8, 4) is 0 Å². The third-order valence-electron chi connectivity index (χ3n) is 6.59. The zero-order chi connectivity index (χ0) is 28.2. The highest BCUT2D eigenvalue weighted by atomic mass is 16.6. The van der Waals surface area contributed by atoms with E-state index in [1.54, 1.807) is 18.2 Å². The highest BCUT2D eigenvalue weighted by Crippen LogP contribution is 2.23. The van der Waals surface area contributed by atoms with E-state index in [9.17, 15) is 19.7 Å². The lowest BCUT2D eigenvalue weighted by Gasteiger charge is -2.19. The lowest BCUT2D eigenvalue weighted by Crippen LogP contribution is -2.35. The van der Waals surface area contributed by atoms with Crippen LogP contribution in [0, 0.1) is 17.0 Å². The number of carbonyl (C=O) groups excluding carboxylic acids is 2. The average Bonchev–Trinajstić information content (AvgIpc) is 3.22. The number of non-ortho nitro benzene ring substituents is 1. The van der Waals surface area contributed by atoms with Crippen molar-refractivity contribution in [2.75, 3.05) is 6.54 Å². The van der Waals surface area contributed by atoms with Crippen LogP contribution < -0.4 is 10.6 Å². The van der Waals surface area contributed by atoms with Gasteiger partial charge in [-0.3, -0.25) is 19.7 Å². The molecule has 3 aromatic carbocycles. The van der Waals surface area contributed by atoms with Crippen molar-refractivity contribution in [3.05, 3.63) is 117 Å². The molecule has 0 unspecified atom stereocenters. The maximum atomic E-state index is 13.3. The van der Waals surface area contributed by atoms with Crippen LogP contribution in [0.1, 0.15) is 53.5 Å². The Hall–Kier alpha value is -4.72. The van der Waals surface area contributed by atoms with E-state index in [4.69, 9.17) is 0 Å². The molecule has 0 fully saturated rings. The van der Waals surface area contributed by atoms with Gasteiger partial charge in [-0.1, -0.05) is 63.2 Å². The molecule has 0 aliphatic heterocycles. The minimum Gasteiger partial charge on any atom is -0.358 e. The number of nitrogens with zero attached hydrogens (tertiary/aromatic N) is 1. The van der Waals surface area contributed by atoms with Gasteiger partial charge in [-0.25, -0.2) is 0 Å². The zero-order valence-electron chi connectivity index (χ0n) is 22.5. The fourth-order valence-corrected chi connectivity index (χ4v) is 4.42. The molecule has 1 heterocycles. The van der Waals surface area contributed by atoms with E-state index in [-0.39, 0.29) is 16.8 Å². The Morgan fingerprint density at radius 3 is 2.41 bits per heavy atom. The van der Waals surface area contributed by atoms with E-state index < -0.39 is 16.7 Å². The predicted octanol–water partition coefficient (Wildman–Crippen LogP) is 5.81. The molecule has 0 atom stereocenters. The number of para-hydroxylation sites is 1. The van der Waals surface area contributed by atoms with Gasteiger partial charge in [-0.05, 0) is 59.7 Å². The zero-order valence-corrected chi connectivity index (χ0v) is 22.5. The van der Waals surface area contributed by atoms with Crippen LogP contribution in [-0.4, -0.2) is 28.3 Å². The molecule has 0 saturated carbocycles. The van der Waals surface area contributed by atoms with E-state index in [1.165, 1.54) is 24.3 Å². The number of carbonyl (C=O) groups is 2. The van der Waals surface area contributed by atoms with Crippen LogP contribution in [0.15, 0.2) is 78.5 Å². The molecule has 0 aliphatic rings. The molecular formula is C31H32N4O4. The third-order valence-corrected chi connectivity index (χ3v) is 6.59. The number of aryl methyl sites for hydroxylation is 1. The standard InChI is InChI=1S/C31H32N4O4/c1-20-25(26-10-5-6-11-27(26)33-20)16-17-32-30(37)28(19-21-8-7-9-24(18-21)35(38)39)34-29(36)22-12-14-23(15-13-22)31(2,3)4/h5-15,18-19,33H,16-17H2,1-4H3,(H,32,37)(H,34,36). The quantitative estimate of drug-likeness (QED) is 0.153. The van der Waals surface area contributed by atoms with E-state index in [2.05, 4.69) is 36.4 Å². The number of hydrogen-bond donors (Lipinski definition) is 3. The minimum atomic E-state index is -0.504. The topological polar surface area (TPSA) is 117 Å². The highest BCUT2D eigenvalue weighted by Gasteiger charge is 2.18. The Kier molecular flexibility index (Phi) is 7.95. The smallest absolute Gasteiger partial charge is 0.270 e. The fourth-order valence-electron chi connectivity index (χ4n) is 4.42. The molecule has 0 spiro atoms. The molecule has 0 radical (unpaired) electrons. The number of nitro groups is 1. The summed E-state index contributed by atoms with van der Waals surface area (Å²) in [7, 11) is 0. The summed E-state index contributed by atoms with van der Waals surface area (Å²) in [4.78, 5) is 40.4. The van der Waals surface area contributed by atoms with Crippen LogP contribution in [0.3, 0.4) is 0 Å². The Morgan fingerprint density at radius 2 is 1.72 bits per heavy atom. The molecular weight excluding hydrogens is 492 g/mol. The number of aromatic amines is 1. The predicted molar refractivity (Wildman–Crippen MR) is 153 cm³/mol. The van der Waals surface area contributed by atoms with Gasteiger partial charge in [0, 0.05) is 40.8 Å². The third kappa shape index (κ3) is 6.59. The van der Waals surface area contributed by atoms with Crippen LogP contribution >= 0.6 is 0 Å². The van der Waals surface area contributed by atoms with Crippen molar-refractivity contribution < 1.29 is 14.5 Å². The SMILES string of the molecule is Cc1[nH]c2ccccc2c1CCNC(=O)C(=Cc1cccc([N+](=O)[O-])c1)NC(=O)c1ccc(C(C)(C)C)cc1. The first-order valence-corrected chi connectivity index (χ1v) is 12.8. The minimum absolute atomic E-state index is 0.00366. The van der Waals surface area contributed by atoms with Gasteiger partial charge in [-0.2, -0.15) is 0 Å². The number of benzene rings is 3. The van der Waals surface area contributed by atoms with Gasteiger partial charge in [-0.15, -0.1) is 0 Å². The summed E-state index contributed by atoms with van der Waals surface area (Å²) in [5.41, 5.74) is 4.90. The van der Waals surface area contributed by atoms with Crippen LogP contribution in [0.25, 0.3) is 17.0 Å². The van der Waals surface area contributed by atoms with Crippen LogP contribution in [0.5, 0.6) is 0 Å². The molecule has 0 saturated heterocycles. The first-order valence-electron chi connectivity index (χ1n) is 12.8. The van der Waals surface area contributed by atoms with Gasteiger partial charge in [0.25, 0.3) is 17.5 Å². The lowest BCUT2D eigenvalue weighted by molar-refractivity contribution is -0.384. The molecule has 3 N–H and O–H groups in total. The fraction of sp³-hybridized carbons (Fsp3) is 0.226. The van der Waals surface area contributed by atoms with Crippen molar-refractivity contribution in [3.63, 3.8) is 0 Å². The molecule has 0 bridgehead atoms. The number of rotatable bonds is 8. The summed E-state index contributed by atoms with van der Waals surface area (Å²) in [5, 5.41) is 17.9. The van der Waals surface area contributed by atoms with Crippen LogP contribution in [-0.2, 0) is 16.6 Å². The number of nitrogens with one attached hydrogen (secondary N) is 3. The molecule has 0 aliphatic carbocycles. The summed E-state index contributed by atoms with van der Waals surface area (Å²) in [6.45, 7) is 8.60. The maximum Gasteiger partial charge on any atom is 0.270 e. The normalized spacial score (nSPS) is 11.8. The van der Waals surface area contributed by atoms with Crippen LogP contribution in [0.4, 0.5) is 5.69 Å². The first-order chi connectivity index (χ1) is 18.5. The summed E-state index contributed by atoms with van der Waals surface area (Å²) < 4.78 is 0. The maximum absolute atomic E-state index is 13.3. The lowest BCUT2D eigenvalue weighted by atomic mass is 9.87. The van der Waals surface area contributed by atoms with E-state index in [0.717, 1.165) is 27.7 Å². The number of amides is 2. The van der Waals surface area contributed by atoms with Gasteiger partial charge in [0.2, 0.25) is 0 Å². The number of fused-ring (bicyclic) bond motifs is 1. The van der Waals surface area contributed by atoms with Crippen molar-refractivity contribution in [1.82, 2.24) is 15.6 Å². The number of aromatic nitrogens is 1. The van der Waals surface area contributed by atoms with E-state index in [1.807, 2.05) is 43.3 Å². The molecule has 4 aromatic rings. The second kappa shape index (κ2) is 11.3. The van der Waals surface area contributed by atoms with Crippen molar-refractivity contribution in [1.29, 1.82) is 0 Å². The van der Waals surface area contributed by atoms with Gasteiger partial charge in [0.05, 0.1) is 4.92 Å². The Bertz CT molecular complexity index is 1560. The van der Waals surface area contributed by atoms with Crippen molar-refractivity contribution in [2.24, 2.45) is 0 Å². The Balaban J connectivity index is 1.55. The highest BCUT2D eigenvalue weighted by molar-refractivity contribution is 6.05. The Morgan fingerprint density at radius 1 is 1.00 bits per heavy atom. The monoisotopic (exact) mass is 524 g/mol. The van der Waals surface area contributed by atoms with E-state index >= 15 is 0 Å². The molecule has 8 nitrogen and oxygen atoms in total.